The van der Waals surface area contributed by atoms with Crippen molar-refractivity contribution in [1.29, 1.82) is 0 Å². The Balaban J connectivity index is 2.78. The second-order valence-corrected chi connectivity index (χ2v) is 2.73. The maximum absolute atomic E-state index is 10.8. The normalized spacial score (nSPS) is 10.4. The van der Waals surface area contributed by atoms with Crippen molar-refractivity contribution in [1.82, 2.24) is 9.71 Å². The smallest absolute Gasteiger partial charge is 0.356 e. The molecule has 0 aliphatic carbocycles. The Morgan fingerprint density at radius 2 is 2.43 bits per heavy atom. The van der Waals surface area contributed by atoms with Gasteiger partial charge >= 0.3 is 5.97 Å². The Morgan fingerprint density at radius 3 is 3.07 bits per heavy atom. The monoisotopic (exact) mass is 192 g/mol. The van der Waals surface area contributed by atoms with E-state index in [1.165, 1.54) is 17.9 Å². The summed E-state index contributed by atoms with van der Waals surface area (Å²) in [5.41, 5.74) is 0.577. The van der Waals surface area contributed by atoms with Crippen molar-refractivity contribution in [2.24, 2.45) is 0 Å². The minimum Gasteiger partial charge on any atom is -0.476 e. The number of fused-ring (bicyclic) bond motifs is 1. The second-order valence-electron chi connectivity index (χ2n) is 2.73. The van der Waals surface area contributed by atoms with Crippen LogP contribution in [-0.2, 0) is 0 Å². The Bertz CT molecular complexity index is 490. The standard InChI is InChI=1S/C9H8N2O3/c1-14-11-7(9(12)13)5-6-3-2-4-10-8(6)11/h2-5H,1H3,(H,12,13). The van der Waals surface area contributed by atoms with Crippen LogP contribution in [0.4, 0.5) is 0 Å². The Kier molecular flexibility index (Phi) is 1.85. The summed E-state index contributed by atoms with van der Waals surface area (Å²) in [5.74, 6) is -1.04. The van der Waals surface area contributed by atoms with E-state index >= 15 is 0 Å². The van der Waals surface area contributed by atoms with E-state index < -0.39 is 5.97 Å². The molecule has 0 radical (unpaired) electrons. The van der Waals surface area contributed by atoms with Crippen molar-refractivity contribution >= 4 is 17.0 Å². The Labute approximate surface area is 79.5 Å². The highest BCUT2D eigenvalue weighted by atomic mass is 16.6. The first kappa shape index (κ1) is 8.55. The van der Waals surface area contributed by atoms with Crippen LogP contribution in [0, 0.1) is 0 Å². The predicted molar refractivity (Wildman–Crippen MR) is 49.2 cm³/mol. The van der Waals surface area contributed by atoms with Gasteiger partial charge in [0.2, 0.25) is 0 Å². The summed E-state index contributed by atoms with van der Waals surface area (Å²) < 4.78 is 1.19. The van der Waals surface area contributed by atoms with Gasteiger partial charge in [0.1, 0.15) is 7.11 Å². The first-order chi connectivity index (χ1) is 6.74. The van der Waals surface area contributed by atoms with Gasteiger partial charge in [-0.25, -0.2) is 9.78 Å². The number of pyridine rings is 1. The third-order valence-electron chi connectivity index (χ3n) is 1.92. The van der Waals surface area contributed by atoms with Crippen molar-refractivity contribution in [2.75, 3.05) is 7.11 Å². The number of aromatic carboxylic acids is 1. The van der Waals surface area contributed by atoms with Crippen molar-refractivity contribution < 1.29 is 14.7 Å². The highest BCUT2D eigenvalue weighted by Gasteiger charge is 2.15. The molecule has 0 saturated carbocycles. The van der Waals surface area contributed by atoms with Crippen LogP contribution in [0.5, 0.6) is 0 Å². The van der Waals surface area contributed by atoms with Crippen molar-refractivity contribution in [3.8, 4) is 0 Å². The number of aromatic nitrogens is 2. The van der Waals surface area contributed by atoms with Gasteiger partial charge in [0.05, 0.1) is 0 Å². The van der Waals surface area contributed by atoms with Gasteiger partial charge in [-0.15, -0.1) is 0 Å². The topological polar surface area (TPSA) is 64.3 Å². The largest absolute Gasteiger partial charge is 0.476 e. The zero-order valence-corrected chi connectivity index (χ0v) is 7.47. The lowest BCUT2D eigenvalue weighted by Gasteiger charge is -2.03. The van der Waals surface area contributed by atoms with Crippen LogP contribution in [0.1, 0.15) is 10.5 Å². The summed E-state index contributed by atoms with van der Waals surface area (Å²) in [6, 6.07) is 5.05. The number of carboxylic acids is 1. The van der Waals surface area contributed by atoms with E-state index in [4.69, 9.17) is 9.94 Å². The van der Waals surface area contributed by atoms with Gasteiger partial charge < -0.3 is 9.94 Å². The molecule has 0 fully saturated rings. The number of nitrogens with zero attached hydrogens (tertiary/aromatic N) is 2. The maximum atomic E-state index is 10.8. The molecular formula is C9H8N2O3. The molecule has 2 heterocycles. The highest BCUT2D eigenvalue weighted by molar-refractivity contribution is 5.92. The van der Waals surface area contributed by atoms with E-state index in [0.29, 0.717) is 5.65 Å². The second kappa shape index (κ2) is 3.02. The van der Waals surface area contributed by atoms with Gasteiger partial charge in [-0.2, -0.15) is 4.73 Å². The molecule has 0 atom stereocenters. The summed E-state index contributed by atoms with van der Waals surface area (Å²) in [4.78, 5) is 19.8. The predicted octanol–water partition coefficient (Wildman–Crippen LogP) is 0.793. The summed E-state index contributed by atoms with van der Waals surface area (Å²) in [7, 11) is 1.40. The number of hydrogen-bond acceptors (Lipinski definition) is 3. The lowest BCUT2D eigenvalue weighted by Crippen LogP contribution is -2.13. The molecule has 0 saturated heterocycles. The van der Waals surface area contributed by atoms with E-state index in [1.807, 2.05) is 0 Å². The summed E-state index contributed by atoms with van der Waals surface area (Å²) in [6.07, 6.45) is 1.59. The van der Waals surface area contributed by atoms with Crippen molar-refractivity contribution in [2.45, 2.75) is 0 Å². The van der Waals surface area contributed by atoms with Crippen LogP contribution in [-0.4, -0.2) is 27.9 Å². The van der Waals surface area contributed by atoms with Crippen LogP contribution in [0.15, 0.2) is 24.4 Å². The molecular weight excluding hydrogens is 184 g/mol. The van der Waals surface area contributed by atoms with E-state index in [1.54, 1.807) is 18.3 Å². The lowest BCUT2D eigenvalue weighted by atomic mass is 10.3. The van der Waals surface area contributed by atoms with E-state index in [-0.39, 0.29) is 5.69 Å². The summed E-state index contributed by atoms with van der Waals surface area (Å²) in [6.45, 7) is 0. The van der Waals surface area contributed by atoms with Gasteiger partial charge in [-0.3, -0.25) is 0 Å². The zero-order valence-electron chi connectivity index (χ0n) is 7.47. The van der Waals surface area contributed by atoms with Crippen LogP contribution in [0.3, 0.4) is 0 Å². The zero-order chi connectivity index (χ0) is 10.1. The first-order valence-electron chi connectivity index (χ1n) is 3.98. The average molecular weight is 192 g/mol. The number of rotatable bonds is 2. The van der Waals surface area contributed by atoms with Gasteiger partial charge in [0.15, 0.2) is 11.3 Å². The van der Waals surface area contributed by atoms with Gasteiger partial charge in [-0.1, -0.05) is 0 Å². The summed E-state index contributed by atoms with van der Waals surface area (Å²) in [5, 5.41) is 9.61. The molecule has 5 heteroatoms. The fourth-order valence-electron chi connectivity index (χ4n) is 1.35. The molecule has 2 aromatic heterocycles. The first-order valence-corrected chi connectivity index (χ1v) is 3.98. The van der Waals surface area contributed by atoms with Gasteiger partial charge in [0, 0.05) is 11.6 Å². The molecule has 0 aromatic carbocycles. The SMILES string of the molecule is COn1c(C(=O)O)cc2cccnc21. The minimum absolute atomic E-state index is 0.0706. The van der Waals surface area contributed by atoms with E-state index in [0.717, 1.165) is 5.39 Å². The van der Waals surface area contributed by atoms with Crippen LogP contribution in [0.2, 0.25) is 0 Å². The molecule has 0 amide bonds. The molecule has 2 rings (SSSR count). The number of hydrogen-bond donors (Lipinski definition) is 1. The molecule has 0 spiro atoms. The van der Waals surface area contributed by atoms with Crippen LogP contribution in [0.25, 0.3) is 11.0 Å². The van der Waals surface area contributed by atoms with Crippen molar-refractivity contribution in [3.63, 3.8) is 0 Å². The molecule has 72 valence electrons. The third kappa shape index (κ3) is 1.10. The Morgan fingerprint density at radius 1 is 1.64 bits per heavy atom. The third-order valence-corrected chi connectivity index (χ3v) is 1.92. The number of carboxylic acid groups (broad SMARTS) is 1. The van der Waals surface area contributed by atoms with Gasteiger partial charge in [0.25, 0.3) is 0 Å². The molecule has 1 N–H and O–H groups in total. The fraction of sp³-hybridized carbons (Fsp3) is 0.111. The molecule has 0 bridgehead atoms. The highest BCUT2D eigenvalue weighted by Crippen LogP contribution is 2.15. The fourth-order valence-corrected chi connectivity index (χ4v) is 1.35. The Hall–Kier alpha value is -2.04. The van der Waals surface area contributed by atoms with Crippen LogP contribution >= 0.6 is 0 Å². The maximum Gasteiger partial charge on any atom is 0.356 e. The lowest BCUT2D eigenvalue weighted by molar-refractivity contribution is 0.0644. The molecule has 2 aromatic rings. The average Bonchev–Trinajstić information content (AvgIpc) is 2.56. The quantitative estimate of drug-likeness (QED) is 0.764. The van der Waals surface area contributed by atoms with Crippen LogP contribution < -0.4 is 4.84 Å². The van der Waals surface area contributed by atoms with E-state index in [9.17, 15) is 4.79 Å². The van der Waals surface area contributed by atoms with Crippen molar-refractivity contribution in [3.05, 3.63) is 30.1 Å². The molecule has 0 aliphatic heterocycles. The molecule has 5 nitrogen and oxygen atoms in total. The molecule has 0 unspecified atom stereocenters. The molecule has 0 aliphatic rings. The number of carbonyl (C=O) groups is 1. The minimum atomic E-state index is -1.04. The van der Waals surface area contributed by atoms with E-state index in [2.05, 4.69) is 4.98 Å². The molecule has 14 heavy (non-hydrogen) atoms. The van der Waals surface area contributed by atoms with Gasteiger partial charge in [-0.05, 0) is 18.2 Å². The summed E-state index contributed by atoms with van der Waals surface area (Å²) >= 11 is 0.